The summed E-state index contributed by atoms with van der Waals surface area (Å²) in [6, 6.07) is 7.96. The highest BCUT2D eigenvalue weighted by molar-refractivity contribution is 14.0. The third-order valence-electron chi connectivity index (χ3n) is 3.73. The normalized spacial score (nSPS) is 10.8. The Balaban J connectivity index is 0.00000625. The second-order valence-corrected chi connectivity index (χ2v) is 5.84. The van der Waals surface area contributed by atoms with Crippen LogP contribution >= 0.6 is 24.0 Å². The number of methoxy groups -OCH3 is 1. The van der Waals surface area contributed by atoms with Gasteiger partial charge in [0.05, 0.1) is 13.7 Å². The van der Waals surface area contributed by atoms with Gasteiger partial charge in [-0.3, -0.25) is 4.99 Å². The first-order valence-electron chi connectivity index (χ1n) is 9.02. The van der Waals surface area contributed by atoms with Gasteiger partial charge in [0, 0.05) is 33.3 Å². The predicted octanol–water partition coefficient (Wildman–Crippen LogP) is 4.08. The number of allylic oxidation sites excluding steroid dienone is 1. The maximum absolute atomic E-state index is 5.72. The molecule has 5 nitrogen and oxygen atoms in total. The van der Waals surface area contributed by atoms with Crippen molar-refractivity contribution in [2.45, 2.75) is 32.8 Å². The fourth-order valence-electron chi connectivity index (χ4n) is 2.31. The number of ether oxygens (including phenoxy) is 2. The van der Waals surface area contributed by atoms with Gasteiger partial charge >= 0.3 is 0 Å². The lowest BCUT2D eigenvalue weighted by Crippen LogP contribution is -2.39. The van der Waals surface area contributed by atoms with Crippen molar-refractivity contribution in [3.8, 4) is 5.75 Å². The van der Waals surface area contributed by atoms with Gasteiger partial charge < -0.3 is 19.7 Å². The van der Waals surface area contributed by atoms with E-state index in [4.69, 9.17) is 9.47 Å². The number of nitrogens with one attached hydrogen (secondary N) is 1. The van der Waals surface area contributed by atoms with E-state index in [9.17, 15) is 0 Å². The smallest absolute Gasteiger partial charge is 0.193 e. The zero-order valence-corrected chi connectivity index (χ0v) is 18.7. The van der Waals surface area contributed by atoms with Crippen molar-refractivity contribution < 1.29 is 9.47 Å². The van der Waals surface area contributed by atoms with Gasteiger partial charge in [-0.2, -0.15) is 0 Å². The SMILES string of the molecule is C=CCCCN(C)C(=NCCCOCc1ccc(OC)cc1)NCC.I. The van der Waals surface area contributed by atoms with Crippen molar-refractivity contribution in [1.29, 1.82) is 0 Å². The summed E-state index contributed by atoms with van der Waals surface area (Å²) in [4.78, 5) is 6.84. The van der Waals surface area contributed by atoms with E-state index in [1.54, 1.807) is 7.11 Å². The van der Waals surface area contributed by atoms with Gasteiger partial charge in [0.2, 0.25) is 0 Å². The van der Waals surface area contributed by atoms with Crippen LogP contribution in [0.4, 0.5) is 0 Å². The van der Waals surface area contributed by atoms with Crippen LogP contribution in [0.5, 0.6) is 5.75 Å². The molecule has 1 N–H and O–H groups in total. The molecule has 0 saturated heterocycles. The summed E-state index contributed by atoms with van der Waals surface area (Å²) >= 11 is 0. The molecule has 0 unspecified atom stereocenters. The summed E-state index contributed by atoms with van der Waals surface area (Å²) in [6.07, 6.45) is 4.99. The van der Waals surface area contributed by atoms with Crippen LogP contribution in [0.3, 0.4) is 0 Å². The van der Waals surface area contributed by atoms with Crippen molar-refractivity contribution in [2.24, 2.45) is 4.99 Å². The lowest BCUT2D eigenvalue weighted by molar-refractivity contribution is 0.120. The maximum Gasteiger partial charge on any atom is 0.193 e. The quantitative estimate of drug-likeness (QED) is 0.163. The zero-order chi connectivity index (χ0) is 18.3. The molecule has 0 aliphatic heterocycles. The summed E-state index contributed by atoms with van der Waals surface area (Å²) in [7, 11) is 3.75. The molecule has 0 saturated carbocycles. The molecule has 1 rings (SSSR count). The standard InChI is InChI=1S/C20H33N3O2.HI/c1-5-7-8-15-23(3)20(21-6-2)22-14-9-16-25-17-18-10-12-19(24-4)13-11-18;/h5,10-13H,1,6-9,14-17H2,2-4H3,(H,21,22);1H. The van der Waals surface area contributed by atoms with E-state index in [0.29, 0.717) is 13.2 Å². The van der Waals surface area contributed by atoms with Crippen LogP contribution in [0.1, 0.15) is 31.7 Å². The molecule has 0 heterocycles. The minimum Gasteiger partial charge on any atom is -0.497 e. The second kappa shape index (κ2) is 15.9. The molecule has 6 heteroatoms. The summed E-state index contributed by atoms with van der Waals surface area (Å²) < 4.78 is 10.9. The molecule has 1 aromatic carbocycles. The number of guanidine groups is 1. The van der Waals surface area contributed by atoms with Crippen molar-refractivity contribution in [3.63, 3.8) is 0 Å². The molecule has 0 radical (unpaired) electrons. The van der Waals surface area contributed by atoms with Crippen LogP contribution in [0.15, 0.2) is 41.9 Å². The van der Waals surface area contributed by atoms with E-state index in [2.05, 4.69) is 35.8 Å². The van der Waals surface area contributed by atoms with E-state index in [0.717, 1.165) is 56.2 Å². The highest BCUT2D eigenvalue weighted by atomic mass is 127. The fourth-order valence-corrected chi connectivity index (χ4v) is 2.31. The monoisotopic (exact) mass is 475 g/mol. The average molecular weight is 475 g/mol. The van der Waals surface area contributed by atoms with Gasteiger partial charge in [0.25, 0.3) is 0 Å². The predicted molar refractivity (Wildman–Crippen MR) is 121 cm³/mol. The summed E-state index contributed by atoms with van der Waals surface area (Å²) in [5.74, 6) is 1.83. The third kappa shape index (κ3) is 10.7. The van der Waals surface area contributed by atoms with Gasteiger partial charge in [0.1, 0.15) is 5.75 Å². The number of halogens is 1. The molecule has 0 aliphatic rings. The largest absolute Gasteiger partial charge is 0.497 e. The van der Waals surface area contributed by atoms with Crippen LogP contribution in [-0.2, 0) is 11.3 Å². The van der Waals surface area contributed by atoms with E-state index < -0.39 is 0 Å². The number of hydrogen-bond donors (Lipinski definition) is 1. The van der Waals surface area contributed by atoms with E-state index in [1.165, 1.54) is 0 Å². The number of rotatable bonds is 12. The molecule has 0 spiro atoms. The molecule has 26 heavy (non-hydrogen) atoms. The first kappa shape index (κ1) is 24.7. The molecule has 0 aromatic heterocycles. The van der Waals surface area contributed by atoms with Crippen LogP contribution in [-0.4, -0.2) is 51.3 Å². The number of hydrogen-bond acceptors (Lipinski definition) is 3. The number of aliphatic imine (C=N–C) groups is 1. The first-order chi connectivity index (χ1) is 12.2. The highest BCUT2D eigenvalue weighted by Gasteiger charge is 2.04. The molecule has 0 atom stereocenters. The van der Waals surface area contributed by atoms with Gasteiger partial charge in [-0.15, -0.1) is 30.6 Å². The average Bonchev–Trinajstić information content (AvgIpc) is 2.64. The summed E-state index contributed by atoms with van der Waals surface area (Å²) in [5, 5.41) is 3.33. The fraction of sp³-hybridized carbons (Fsp3) is 0.550. The Bertz CT molecular complexity index is 506. The Kier molecular flexibility index (Phi) is 15.2. The molecule has 0 fully saturated rings. The molecule has 0 amide bonds. The number of benzene rings is 1. The summed E-state index contributed by atoms with van der Waals surface area (Å²) in [5.41, 5.74) is 1.15. The van der Waals surface area contributed by atoms with Crippen molar-refractivity contribution in [3.05, 3.63) is 42.5 Å². The Morgan fingerprint density at radius 3 is 2.62 bits per heavy atom. The topological polar surface area (TPSA) is 46.1 Å². The molecule has 0 bridgehead atoms. The van der Waals surface area contributed by atoms with Gasteiger partial charge in [0.15, 0.2) is 5.96 Å². The third-order valence-corrected chi connectivity index (χ3v) is 3.73. The molecular weight excluding hydrogens is 441 g/mol. The van der Waals surface area contributed by atoms with Crippen LogP contribution < -0.4 is 10.1 Å². The first-order valence-corrected chi connectivity index (χ1v) is 9.02. The minimum absolute atomic E-state index is 0. The lowest BCUT2D eigenvalue weighted by Gasteiger charge is -2.21. The Morgan fingerprint density at radius 1 is 1.27 bits per heavy atom. The highest BCUT2D eigenvalue weighted by Crippen LogP contribution is 2.11. The minimum atomic E-state index is 0. The van der Waals surface area contributed by atoms with E-state index in [1.807, 2.05) is 30.3 Å². The number of nitrogens with zero attached hydrogens (tertiary/aromatic N) is 2. The molecule has 148 valence electrons. The van der Waals surface area contributed by atoms with E-state index in [-0.39, 0.29) is 24.0 Å². The van der Waals surface area contributed by atoms with Crippen LogP contribution in [0, 0.1) is 0 Å². The second-order valence-electron chi connectivity index (χ2n) is 5.84. The molecule has 0 aliphatic carbocycles. The summed E-state index contributed by atoms with van der Waals surface area (Å²) in [6.45, 7) is 9.79. The Labute approximate surface area is 175 Å². The van der Waals surface area contributed by atoms with Crippen LogP contribution in [0.25, 0.3) is 0 Å². The molecular formula is C20H34IN3O2. The van der Waals surface area contributed by atoms with Crippen LogP contribution in [0.2, 0.25) is 0 Å². The zero-order valence-electron chi connectivity index (χ0n) is 16.4. The van der Waals surface area contributed by atoms with E-state index >= 15 is 0 Å². The Hall–Kier alpha value is -1.28. The lowest BCUT2D eigenvalue weighted by atomic mass is 10.2. The van der Waals surface area contributed by atoms with Crippen molar-refractivity contribution in [2.75, 3.05) is 40.4 Å². The Morgan fingerprint density at radius 2 is 2.00 bits per heavy atom. The van der Waals surface area contributed by atoms with Crippen molar-refractivity contribution in [1.82, 2.24) is 10.2 Å². The van der Waals surface area contributed by atoms with Gasteiger partial charge in [-0.1, -0.05) is 18.2 Å². The van der Waals surface area contributed by atoms with Gasteiger partial charge in [-0.05, 0) is 43.9 Å². The maximum atomic E-state index is 5.72. The molecule has 1 aromatic rings. The van der Waals surface area contributed by atoms with Crippen molar-refractivity contribution >= 4 is 29.9 Å². The van der Waals surface area contributed by atoms with Gasteiger partial charge in [-0.25, -0.2) is 0 Å². The number of unbranched alkanes of at least 4 members (excludes halogenated alkanes) is 1.